The van der Waals surface area contributed by atoms with Gasteiger partial charge in [-0.05, 0) is 50.1 Å². The second-order valence-corrected chi connectivity index (χ2v) is 9.36. The fourth-order valence-corrected chi connectivity index (χ4v) is 5.15. The van der Waals surface area contributed by atoms with E-state index in [4.69, 9.17) is 14.2 Å². The first kappa shape index (κ1) is 26.8. The van der Waals surface area contributed by atoms with Gasteiger partial charge < -0.3 is 19.3 Å². The zero-order chi connectivity index (χ0) is 27.7. The predicted molar refractivity (Wildman–Crippen MR) is 138 cm³/mol. The average Bonchev–Trinajstić information content (AvgIpc) is 3.41. The highest BCUT2D eigenvalue weighted by Gasteiger charge is 2.48. The van der Waals surface area contributed by atoms with Crippen molar-refractivity contribution in [2.45, 2.75) is 26.8 Å². The number of hydrogen-bond acceptors (Lipinski definition) is 9. The fourth-order valence-electron chi connectivity index (χ4n) is 4.14. The molecule has 4 rings (SSSR count). The van der Waals surface area contributed by atoms with Crippen LogP contribution in [0.3, 0.4) is 0 Å². The number of anilines is 1. The van der Waals surface area contributed by atoms with E-state index in [1.54, 1.807) is 32.0 Å². The van der Waals surface area contributed by atoms with E-state index in [9.17, 15) is 23.9 Å². The lowest BCUT2D eigenvalue weighted by Gasteiger charge is -2.24. The Kier molecular flexibility index (Phi) is 7.49. The van der Waals surface area contributed by atoms with Crippen molar-refractivity contribution in [1.82, 2.24) is 4.98 Å². The van der Waals surface area contributed by atoms with Gasteiger partial charge >= 0.3 is 11.9 Å². The molecule has 1 atom stereocenters. The number of halogens is 1. The number of carbonyl (C=O) groups is 3. The van der Waals surface area contributed by atoms with Crippen LogP contribution in [0.4, 0.5) is 9.52 Å². The molecule has 1 aliphatic heterocycles. The highest BCUT2D eigenvalue weighted by Crippen LogP contribution is 2.45. The first-order valence-corrected chi connectivity index (χ1v) is 12.4. The summed E-state index contributed by atoms with van der Waals surface area (Å²) >= 11 is 0.876. The number of aliphatic hydroxyl groups is 1. The molecule has 0 saturated carbocycles. The first-order valence-electron chi connectivity index (χ1n) is 11.6. The maximum atomic E-state index is 14.4. The van der Waals surface area contributed by atoms with Crippen LogP contribution in [0.15, 0.2) is 42.0 Å². The summed E-state index contributed by atoms with van der Waals surface area (Å²) in [6.45, 7) is 5.33. The van der Waals surface area contributed by atoms with Gasteiger partial charge in [-0.15, -0.1) is 0 Å². The molecule has 3 aromatic rings. The van der Waals surface area contributed by atoms with E-state index in [2.05, 4.69) is 4.98 Å². The molecule has 1 amide bonds. The second kappa shape index (κ2) is 10.6. The molecule has 0 aliphatic carbocycles. The fraction of sp³-hybridized carbons (Fsp3) is 0.259. The minimum absolute atomic E-state index is 0.0274. The van der Waals surface area contributed by atoms with Gasteiger partial charge in [-0.25, -0.2) is 14.2 Å². The normalized spacial score (nSPS) is 16.6. The van der Waals surface area contributed by atoms with Crippen LogP contribution in [0.5, 0.6) is 11.5 Å². The van der Waals surface area contributed by atoms with Crippen molar-refractivity contribution in [3.05, 3.63) is 75.0 Å². The van der Waals surface area contributed by atoms with Crippen LogP contribution in [-0.2, 0) is 14.3 Å². The summed E-state index contributed by atoms with van der Waals surface area (Å²) in [6.07, 6.45) is 0. The monoisotopic (exact) mass is 540 g/mol. The number of hydrogen-bond donors (Lipinski definition) is 1. The Morgan fingerprint density at radius 1 is 1.13 bits per heavy atom. The second-order valence-electron chi connectivity index (χ2n) is 8.38. The van der Waals surface area contributed by atoms with Crippen LogP contribution < -0.4 is 14.4 Å². The Morgan fingerprint density at radius 3 is 2.50 bits per heavy atom. The molecule has 0 bridgehead atoms. The van der Waals surface area contributed by atoms with Gasteiger partial charge in [0, 0.05) is 5.56 Å². The summed E-state index contributed by atoms with van der Waals surface area (Å²) in [5.74, 6) is -2.96. The molecule has 1 aliphatic rings. The third-order valence-electron chi connectivity index (χ3n) is 6.06. The van der Waals surface area contributed by atoms with Crippen LogP contribution in [0, 0.1) is 19.7 Å². The standard InChI is InChI=1S/C27H25FN2O7S/c1-6-37-18-10-9-15(12-19(18)35-4)21-20(22(31)16-8-7-13(2)17(28)11-16)23(32)25(33)30(21)27-29-14(3)24(38-27)26(34)36-5/h7-12,21,31H,6H2,1-5H3. The molecular weight excluding hydrogens is 515 g/mol. The van der Waals surface area contributed by atoms with Gasteiger partial charge in [-0.3, -0.25) is 14.5 Å². The largest absolute Gasteiger partial charge is 0.507 e. The van der Waals surface area contributed by atoms with Gasteiger partial charge in [0.2, 0.25) is 0 Å². The van der Waals surface area contributed by atoms with E-state index in [-0.39, 0.29) is 21.1 Å². The summed E-state index contributed by atoms with van der Waals surface area (Å²) in [5.41, 5.74) is 0.813. The minimum atomic E-state index is -1.17. The molecule has 1 unspecified atom stereocenters. The molecule has 2 heterocycles. The molecule has 2 aromatic carbocycles. The summed E-state index contributed by atoms with van der Waals surface area (Å²) < 4.78 is 30.2. The number of aryl methyl sites for hydroxylation is 2. The Labute approximate surface area is 222 Å². The third-order valence-corrected chi connectivity index (χ3v) is 7.19. The number of Topliss-reactive ketones (excluding diaryl/α,β-unsaturated/α-hetero) is 1. The van der Waals surface area contributed by atoms with Crippen molar-refractivity contribution in [3.63, 3.8) is 0 Å². The first-order chi connectivity index (χ1) is 18.1. The number of aromatic nitrogens is 1. The number of ether oxygens (including phenoxy) is 3. The molecule has 11 heteroatoms. The average molecular weight is 541 g/mol. The van der Waals surface area contributed by atoms with E-state index < -0.39 is 35.3 Å². The smallest absolute Gasteiger partial charge is 0.350 e. The molecule has 0 spiro atoms. The number of nitrogens with zero attached hydrogens (tertiary/aromatic N) is 2. The van der Waals surface area contributed by atoms with Gasteiger partial charge in [-0.1, -0.05) is 29.5 Å². The number of thiazole rings is 1. The van der Waals surface area contributed by atoms with Crippen LogP contribution in [0.1, 0.15) is 45.0 Å². The van der Waals surface area contributed by atoms with Crippen molar-refractivity contribution in [2.24, 2.45) is 0 Å². The number of esters is 1. The molecule has 198 valence electrons. The molecule has 0 radical (unpaired) electrons. The summed E-state index contributed by atoms with van der Waals surface area (Å²) in [6, 6.07) is 7.68. The van der Waals surface area contributed by atoms with Gasteiger partial charge in [0.1, 0.15) is 16.5 Å². The number of methoxy groups -OCH3 is 2. The molecule has 1 fully saturated rings. The maximum Gasteiger partial charge on any atom is 0.350 e. The van der Waals surface area contributed by atoms with Crippen molar-refractivity contribution < 1.29 is 38.1 Å². The molecule has 38 heavy (non-hydrogen) atoms. The Hall–Kier alpha value is -4.25. The summed E-state index contributed by atoms with van der Waals surface area (Å²) in [5, 5.41) is 11.3. The van der Waals surface area contributed by atoms with E-state index in [1.807, 2.05) is 6.92 Å². The number of aliphatic hydroxyl groups excluding tert-OH is 1. The minimum Gasteiger partial charge on any atom is -0.507 e. The Morgan fingerprint density at radius 2 is 1.87 bits per heavy atom. The van der Waals surface area contributed by atoms with Crippen molar-refractivity contribution in [3.8, 4) is 11.5 Å². The number of amides is 1. The molecule has 1 N–H and O–H groups in total. The van der Waals surface area contributed by atoms with Crippen LogP contribution in [0.2, 0.25) is 0 Å². The molecule has 1 aromatic heterocycles. The van der Waals surface area contributed by atoms with Gasteiger partial charge in [0.25, 0.3) is 5.78 Å². The Bertz CT molecular complexity index is 1480. The maximum absolute atomic E-state index is 14.4. The predicted octanol–water partition coefficient (Wildman–Crippen LogP) is 4.72. The molecule has 1 saturated heterocycles. The third kappa shape index (κ3) is 4.60. The lowest BCUT2D eigenvalue weighted by Crippen LogP contribution is -2.29. The van der Waals surface area contributed by atoms with E-state index in [1.165, 1.54) is 26.4 Å². The van der Waals surface area contributed by atoms with E-state index in [0.29, 0.717) is 34.9 Å². The van der Waals surface area contributed by atoms with Crippen LogP contribution in [0.25, 0.3) is 5.76 Å². The van der Waals surface area contributed by atoms with Crippen molar-refractivity contribution >= 4 is 39.9 Å². The highest BCUT2D eigenvalue weighted by molar-refractivity contribution is 7.17. The number of rotatable bonds is 7. The lowest BCUT2D eigenvalue weighted by molar-refractivity contribution is -0.132. The lowest BCUT2D eigenvalue weighted by atomic mass is 9.94. The van der Waals surface area contributed by atoms with E-state index in [0.717, 1.165) is 22.3 Å². The van der Waals surface area contributed by atoms with Gasteiger partial charge in [-0.2, -0.15) is 0 Å². The topological polar surface area (TPSA) is 115 Å². The van der Waals surface area contributed by atoms with Crippen LogP contribution in [-0.4, -0.2) is 48.6 Å². The molecule has 9 nitrogen and oxygen atoms in total. The van der Waals surface area contributed by atoms with Gasteiger partial charge in [0.15, 0.2) is 16.6 Å². The van der Waals surface area contributed by atoms with E-state index >= 15 is 0 Å². The SMILES string of the molecule is CCOc1ccc(C2C(=C(O)c3ccc(C)c(F)c3)C(=O)C(=O)N2c2nc(C)c(C(=O)OC)s2)cc1OC. The van der Waals surface area contributed by atoms with Crippen LogP contribution >= 0.6 is 11.3 Å². The Balaban J connectivity index is 1.97. The van der Waals surface area contributed by atoms with Crippen molar-refractivity contribution in [1.29, 1.82) is 0 Å². The highest BCUT2D eigenvalue weighted by atomic mass is 32.1. The zero-order valence-electron chi connectivity index (χ0n) is 21.3. The number of ketones is 1. The van der Waals surface area contributed by atoms with Gasteiger partial charge in [0.05, 0.1) is 38.1 Å². The molecular formula is C27H25FN2O7S. The number of benzene rings is 2. The quantitative estimate of drug-likeness (QED) is 0.198. The number of carbonyl (C=O) groups excluding carboxylic acids is 3. The zero-order valence-corrected chi connectivity index (χ0v) is 22.1. The summed E-state index contributed by atoms with van der Waals surface area (Å²) in [4.78, 5) is 44.6. The van der Waals surface area contributed by atoms with Crippen molar-refractivity contribution in [2.75, 3.05) is 25.7 Å². The summed E-state index contributed by atoms with van der Waals surface area (Å²) in [7, 11) is 2.67.